The first-order chi connectivity index (χ1) is 9.06. The molecule has 0 spiro atoms. The van der Waals surface area contributed by atoms with Gasteiger partial charge in [-0.1, -0.05) is 36.4 Å². The van der Waals surface area contributed by atoms with Gasteiger partial charge in [-0.25, -0.2) is 0 Å². The Labute approximate surface area is 114 Å². The van der Waals surface area contributed by atoms with Crippen molar-refractivity contribution in [3.8, 4) is 11.5 Å². The van der Waals surface area contributed by atoms with Gasteiger partial charge in [0.25, 0.3) is 0 Å². The Balaban J connectivity index is 0.000000191. The highest BCUT2D eigenvalue weighted by atomic mass is 16.3. The lowest BCUT2D eigenvalue weighted by Crippen LogP contribution is -1.79. The predicted octanol–water partition coefficient (Wildman–Crippen LogP) is 4.13. The van der Waals surface area contributed by atoms with Crippen molar-refractivity contribution in [2.45, 2.75) is 20.3 Å². The molecule has 0 fully saturated rings. The van der Waals surface area contributed by atoms with Crippen LogP contribution in [0.1, 0.15) is 16.7 Å². The molecule has 0 bridgehead atoms. The van der Waals surface area contributed by atoms with E-state index in [9.17, 15) is 5.11 Å². The summed E-state index contributed by atoms with van der Waals surface area (Å²) in [6, 6.07) is 12.8. The molecule has 0 aliphatic carbocycles. The van der Waals surface area contributed by atoms with Crippen LogP contribution in [0.5, 0.6) is 11.5 Å². The average Bonchev–Trinajstić information content (AvgIpc) is 2.40. The number of aromatic hydroxyl groups is 2. The highest BCUT2D eigenvalue weighted by Crippen LogP contribution is 2.17. The van der Waals surface area contributed by atoms with E-state index in [4.69, 9.17) is 5.11 Å². The SMILES string of the molecule is C=CCc1ccccc1O.Cc1cccc(O)c1C. The fourth-order valence-electron chi connectivity index (χ4n) is 1.57. The van der Waals surface area contributed by atoms with E-state index in [1.807, 2.05) is 44.2 Å². The van der Waals surface area contributed by atoms with E-state index in [1.54, 1.807) is 18.2 Å². The van der Waals surface area contributed by atoms with Crippen molar-refractivity contribution in [1.82, 2.24) is 0 Å². The molecule has 19 heavy (non-hydrogen) atoms. The number of hydrogen-bond acceptors (Lipinski definition) is 2. The standard InChI is InChI=1S/C9H10O.C8H10O/c1-2-5-8-6-3-4-7-9(8)10;1-6-4-3-5-8(9)7(6)2/h2-4,6-7,10H,1,5H2;3-5,9H,1-2H3. The Kier molecular flexibility index (Phi) is 5.68. The number of hydrogen-bond donors (Lipinski definition) is 2. The van der Waals surface area contributed by atoms with Gasteiger partial charge in [0.1, 0.15) is 11.5 Å². The third-order valence-electron chi connectivity index (χ3n) is 2.93. The molecular weight excluding hydrogens is 236 g/mol. The van der Waals surface area contributed by atoms with E-state index < -0.39 is 0 Å². The summed E-state index contributed by atoms with van der Waals surface area (Å²) in [6.07, 6.45) is 2.50. The van der Waals surface area contributed by atoms with Gasteiger partial charge >= 0.3 is 0 Å². The highest BCUT2D eigenvalue weighted by Gasteiger charge is 1.95. The molecule has 0 saturated heterocycles. The molecule has 0 unspecified atom stereocenters. The summed E-state index contributed by atoms with van der Waals surface area (Å²) >= 11 is 0. The van der Waals surface area contributed by atoms with Crippen LogP contribution in [0.25, 0.3) is 0 Å². The molecule has 0 amide bonds. The van der Waals surface area contributed by atoms with E-state index >= 15 is 0 Å². The van der Waals surface area contributed by atoms with E-state index in [-0.39, 0.29) is 0 Å². The van der Waals surface area contributed by atoms with Crippen LogP contribution in [0.4, 0.5) is 0 Å². The maximum Gasteiger partial charge on any atom is 0.119 e. The molecule has 0 saturated carbocycles. The maximum absolute atomic E-state index is 9.19. The van der Waals surface area contributed by atoms with Crippen LogP contribution in [-0.2, 0) is 6.42 Å². The summed E-state index contributed by atoms with van der Waals surface area (Å²) in [7, 11) is 0. The number of phenolic OH excluding ortho intramolecular Hbond substituents is 2. The minimum Gasteiger partial charge on any atom is -0.508 e. The molecule has 2 rings (SSSR count). The monoisotopic (exact) mass is 256 g/mol. The second-order valence-corrected chi connectivity index (χ2v) is 4.34. The molecular formula is C17H20O2. The summed E-state index contributed by atoms with van der Waals surface area (Å²) < 4.78 is 0. The Morgan fingerprint density at radius 3 is 2.11 bits per heavy atom. The molecule has 0 radical (unpaired) electrons. The van der Waals surface area contributed by atoms with Crippen LogP contribution in [0.15, 0.2) is 55.1 Å². The average molecular weight is 256 g/mol. The molecule has 0 atom stereocenters. The number of para-hydroxylation sites is 1. The smallest absolute Gasteiger partial charge is 0.119 e. The van der Waals surface area contributed by atoms with Crippen molar-refractivity contribution in [3.05, 3.63) is 71.8 Å². The quantitative estimate of drug-likeness (QED) is 0.793. The van der Waals surface area contributed by atoms with Gasteiger partial charge in [-0.2, -0.15) is 0 Å². The number of phenols is 2. The van der Waals surface area contributed by atoms with Crippen LogP contribution in [-0.4, -0.2) is 10.2 Å². The first kappa shape index (κ1) is 14.8. The fourth-order valence-corrected chi connectivity index (χ4v) is 1.57. The van der Waals surface area contributed by atoms with Crippen LogP contribution in [0, 0.1) is 13.8 Å². The number of benzene rings is 2. The van der Waals surface area contributed by atoms with Gasteiger partial charge in [0.2, 0.25) is 0 Å². The predicted molar refractivity (Wildman–Crippen MR) is 79.6 cm³/mol. The lowest BCUT2D eigenvalue weighted by molar-refractivity contribution is 0.469. The van der Waals surface area contributed by atoms with Gasteiger partial charge < -0.3 is 10.2 Å². The Hall–Kier alpha value is -2.22. The number of aryl methyl sites for hydroxylation is 1. The van der Waals surface area contributed by atoms with Gasteiger partial charge in [-0.05, 0) is 49.1 Å². The topological polar surface area (TPSA) is 40.5 Å². The largest absolute Gasteiger partial charge is 0.508 e. The molecule has 2 aromatic rings. The molecule has 0 heterocycles. The Morgan fingerprint density at radius 2 is 1.58 bits per heavy atom. The third kappa shape index (κ3) is 4.51. The Morgan fingerprint density at radius 1 is 0.947 bits per heavy atom. The van der Waals surface area contributed by atoms with Crippen molar-refractivity contribution in [1.29, 1.82) is 0 Å². The molecule has 100 valence electrons. The maximum atomic E-state index is 9.19. The number of rotatable bonds is 2. The summed E-state index contributed by atoms with van der Waals surface area (Å²) in [5.41, 5.74) is 3.03. The second kappa shape index (κ2) is 7.27. The van der Waals surface area contributed by atoms with Crippen LogP contribution in [0.3, 0.4) is 0 Å². The first-order valence-electron chi connectivity index (χ1n) is 6.19. The summed E-state index contributed by atoms with van der Waals surface area (Å²) in [6.45, 7) is 7.47. The zero-order valence-electron chi connectivity index (χ0n) is 11.4. The molecule has 2 N–H and O–H groups in total. The fraction of sp³-hybridized carbons (Fsp3) is 0.176. The first-order valence-corrected chi connectivity index (χ1v) is 6.19. The van der Waals surface area contributed by atoms with E-state index in [1.165, 1.54) is 0 Å². The molecule has 0 aliphatic heterocycles. The normalized spacial score (nSPS) is 9.37. The van der Waals surface area contributed by atoms with E-state index in [2.05, 4.69) is 6.58 Å². The minimum absolute atomic E-state index is 0.349. The molecule has 2 heteroatoms. The van der Waals surface area contributed by atoms with Gasteiger partial charge in [0.05, 0.1) is 0 Å². The third-order valence-corrected chi connectivity index (χ3v) is 2.93. The van der Waals surface area contributed by atoms with Crippen molar-refractivity contribution in [2.24, 2.45) is 0 Å². The second-order valence-electron chi connectivity index (χ2n) is 4.34. The lowest BCUT2D eigenvalue weighted by atomic mass is 10.1. The van der Waals surface area contributed by atoms with Gasteiger partial charge in [0.15, 0.2) is 0 Å². The summed E-state index contributed by atoms with van der Waals surface area (Å²) in [5.74, 6) is 0.734. The molecule has 2 aromatic carbocycles. The minimum atomic E-state index is 0.349. The van der Waals surface area contributed by atoms with Crippen molar-refractivity contribution < 1.29 is 10.2 Å². The van der Waals surface area contributed by atoms with Crippen molar-refractivity contribution in [3.63, 3.8) is 0 Å². The Bertz CT molecular complexity index is 524. The van der Waals surface area contributed by atoms with Crippen LogP contribution in [0.2, 0.25) is 0 Å². The van der Waals surface area contributed by atoms with Crippen molar-refractivity contribution in [2.75, 3.05) is 0 Å². The molecule has 0 aliphatic rings. The molecule has 0 aromatic heterocycles. The van der Waals surface area contributed by atoms with Crippen LogP contribution >= 0.6 is 0 Å². The highest BCUT2D eigenvalue weighted by molar-refractivity contribution is 5.36. The van der Waals surface area contributed by atoms with Crippen molar-refractivity contribution >= 4 is 0 Å². The summed E-state index contributed by atoms with van der Waals surface area (Å²) in [5, 5.41) is 18.3. The zero-order valence-corrected chi connectivity index (χ0v) is 11.4. The van der Waals surface area contributed by atoms with Gasteiger partial charge in [-0.15, -0.1) is 6.58 Å². The molecule has 2 nitrogen and oxygen atoms in total. The number of allylic oxidation sites excluding steroid dienone is 1. The van der Waals surface area contributed by atoms with E-state index in [0.717, 1.165) is 23.1 Å². The summed E-state index contributed by atoms with van der Waals surface area (Å²) in [4.78, 5) is 0. The van der Waals surface area contributed by atoms with Crippen LogP contribution < -0.4 is 0 Å². The zero-order chi connectivity index (χ0) is 14.3. The van der Waals surface area contributed by atoms with E-state index in [0.29, 0.717) is 11.5 Å². The lowest BCUT2D eigenvalue weighted by Gasteiger charge is -1.99. The van der Waals surface area contributed by atoms with Gasteiger partial charge in [-0.3, -0.25) is 0 Å². The van der Waals surface area contributed by atoms with Gasteiger partial charge in [0, 0.05) is 0 Å².